The lowest BCUT2D eigenvalue weighted by molar-refractivity contribution is 0.125. The molecule has 0 aromatic carbocycles. The minimum atomic E-state index is -2.41. The Labute approximate surface area is 71.0 Å². The minimum Gasteiger partial charge on any atom is -0.376 e. The zero-order chi connectivity index (χ0) is 7.33. The van der Waals surface area contributed by atoms with Gasteiger partial charge in [-0.3, -0.25) is 0 Å². The molecule has 0 spiro atoms. The molecule has 0 heterocycles. The topological polar surface area (TPSA) is 53.7 Å². The van der Waals surface area contributed by atoms with Crippen molar-refractivity contribution in [1.29, 1.82) is 0 Å². The van der Waals surface area contributed by atoms with E-state index in [0.717, 1.165) is 0 Å². The molecule has 0 fully saturated rings. The van der Waals surface area contributed by atoms with Crippen LogP contribution in [0.3, 0.4) is 0 Å². The van der Waals surface area contributed by atoms with Crippen LogP contribution in [0.15, 0.2) is 0 Å². The summed E-state index contributed by atoms with van der Waals surface area (Å²) in [6.07, 6.45) is 0.316. The van der Waals surface area contributed by atoms with Crippen molar-refractivity contribution in [3.63, 3.8) is 0 Å². The molecule has 0 saturated carbocycles. The van der Waals surface area contributed by atoms with Crippen LogP contribution in [0.2, 0.25) is 0 Å². The highest BCUT2D eigenvalue weighted by Crippen LogP contribution is 2.01. The van der Waals surface area contributed by atoms with Gasteiger partial charge in [0.05, 0.1) is 6.17 Å². The molecule has 0 amide bonds. The van der Waals surface area contributed by atoms with E-state index in [2.05, 4.69) is 0 Å². The normalized spacial score (nSPS) is 9.82. The third-order valence-electron chi connectivity index (χ3n) is 1.18. The van der Waals surface area contributed by atoms with Crippen LogP contribution in [0.5, 0.6) is 0 Å². The van der Waals surface area contributed by atoms with Crippen LogP contribution in [0.25, 0.3) is 0 Å². The van der Waals surface area contributed by atoms with Gasteiger partial charge in [0.2, 0.25) is 0 Å². The molecule has 0 saturated heterocycles. The Balaban J connectivity index is -0.000000320. The lowest BCUT2D eigenvalue weighted by atomic mass is 11.5. The first kappa shape index (κ1) is 17.2. The predicted molar refractivity (Wildman–Crippen MR) is 49.3 cm³/mol. The largest absolute Gasteiger partial charge is 0.514 e. The molecule has 0 aliphatic heterocycles. The number of nitrogens with two attached hydrogens (primary N) is 1. The van der Waals surface area contributed by atoms with Gasteiger partial charge in [-0.05, 0) is 0 Å². The van der Waals surface area contributed by atoms with Gasteiger partial charge in [0.15, 0.2) is 0 Å². The second-order valence-electron chi connectivity index (χ2n) is 1.50. The van der Waals surface area contributed by atoms with Crippen LogP contribution in [-0.4, -0.2) is 36.3 Å². The fourth-order valence-corrected chi connectivity index (χ4v) is 1.50. The van der Waals surface area contributed by atoms with E-state index in [1.807, 2.05) is 0 Å². The summed E-state index contributed by atoms with van der Waals surface area (Å²) < 4.78 is 14.9. The second-order valence-corrected chi connectivity index (χ2v) is 4.50. The molecule has 0 aliphatic rings. The fraction of sp³-hybridized carbons (Fsp3) is 1.00. The third-order valence-corrected chi connectivity index (χ3v) is 3.55. The maximum atomic E-state index is 5.33. The van der Waals surface area contributed by atoms with E-state index in [1.165, 1.54) is 21.3 Å². The maximum absolute atomic E-state index is 5.33. The average Bonchev–Trinajstić information content (AvgIpc) is 1.95. The molecule has 0 aromatic heterocycles. The third kappa shape index (κ3) is 4.49. The van der Waals surface area contributed by atoms with Crippen molar-refractivity contribution >= 4 is 8.80 Å². The maximum Gasteiger partial charge on any atom is 0.514 e. The minimum absolute atomic E-state index is 0. The van der Waals surface area contributed by atoms with Crippen molar-refractivity contribution in [1.82, 2.24) is 0 Å². The molecule has 0 rings (SSSR count). The highest BCUT2D eigenvalue weighted by atomic mass is 28.4. The van der Waals surface area contributed by atoms with E-state index in [9.17, 15) is 0 Å². The van der Waals surface area contributed by atoms with E-state index in [4.69, 9.17) is 19.0 Å². The van der Waals surface area contributed by atoms with Crippen LogP contribution in [0.1, 0.15) is 14.9 Å². The number of hydrogen-bond acceptors (Lipinski definition) is 4. The van der Waals surface area contributed by atoms with E-state index >= 15 is 0 Å². The lowest BCUT2D eigenvalue weighted by Crippen LogP contribution is -2.50. The van der Waals surface area contributed by atoms with Crippen molar-refractivity contribution in [3.05, 3.63) is 0 Å². The zero-order valence-corrected chi connectivity index (χ0v) is 7.01. The second kappa shape index (κ2) is 8.16. The Morgan fingerprint density at radius 3 is 1.27 bits per heavy atom. The summed E-state index contributed by atoms with van der Waals surface area (Å²) in [7, 11) is 2.19. The quantitative estimate of drug-likeness (QED) is 0.650. The van der Waals surface area contributed by atoms with Gasteiger partial charge >= 0.3 is 8.80 Å². The standard InChI is InChI=1S/C4H13NO3Si.2CH4/c1-6-9(4-5,7-2)8-3;;/h4-5H2,1-3H3;2*1H4. The van der Waals surface area contributed by atoms with E-state index in [1.54, 1.807) is 0 Å². The van der Waals surface area contributed by atoms with Crippen molar-refractivity contribution in [2.45, 2.75) is 14.9 Å². The Bertz CT molecular complexity index is 60.7. The van der Waals surface area contributed by atoms with Gasteiger partial charge in [-0.1, -0.05) is 14.9 Å². The molecule has 5 heteroatoms. The Morgan fingerprint density at radius 1 is 1.00 bits per heavy atom. The molecule has 72 valence electrons. The van der Waals surface area contributed by atoms with Crippen molar-refractivity contribution < 1.29 is 13.3 Å². The van der Waals surface area contributed by atoms with Gasteiger partial charge in [0.25, 0.3) is 0 Å². The molecule has 11 heavy (non-hydrogen) atoms. The first-order chi connectivity index (χ1) is 4.24. The summed E-state index contributed by atoms with van der Waals surface area (Å²) in [6.45, 7) is 0. The number of rotatable bonds is 4. The van der Waals surface area contributed by atoms with Gasteiger partial charge in [0.1, 0.15) is 0 Å². The van der Waals surface area contributed by atoms with Crippen molar-refractivity contribution in [2.75, 3.05) is 27.5 Å². The molecule has 2 N–H and O–H groups in total. The summed E-state index contributed by atoms with van der Waals surface area (Å²) in [6, 6.07) is 0. The van der Waals surface area contributed by atoms with E-state index in [-0.39, 0.29) is 14.9 Å². The molecular weight excluding hydrogens is 162 g/mol. The highest BCUT2D eigenvalue weighted by molar-refractivity contribution is 6.60. The Kier molecular flexibility index (Phi) is 12.8. The molecule has 4 nitrogen and oxygen atoms in total. The SMILES string of the molecule is C.C.CO[Si](CN)(OC)OC. The first-order valence-corrected chi connectivity index (χ1v) is 4.53. The predicted octanol–water partition coefficient (Wildman–Crippen LogP) is 0.635. The van der Waals surface area contributed by atoms with Gasteiger partial charge in [-0.15, -0.1) is 0 Å². The van der Waals surface area contributed by atoms with Gasteiger partial charge in [-0.25, -0.2) is 0 Å². The van der Waals surface area contributed by atoms with E-state index < -0.39 is 8.80 Å². The summed E-state index contributed by atoms with van der Waals surface area (Å²) in [5, 5.41) is 0. The summed E-state index contributed by atoms with van der Waals surface area (Å²) in [4.78, 5) is 0. The Morgan fingerprint density at radius 2 is 1.27 bits per heavy atom. The molecular formula is C6H21NO3Si. The summed E-state index contributed by atoms with van der Waals surface area (Å²) in [5.74, 6) is 0. The fourth-order valence-electron chi connectivity index (χ4n) is 0.500. The van der Waals surface area contributed by atoms with Crippen molar-refractivity contribution in [2.24, 2.45) is 5.73 Å². The highest BCUT2D eigenvalue weighted by Gasteiger charge is 2.35. The molecule has 0 unspecified atom stereocenters. The van der Waals surface area contributed by atoms with Crippen LogP contribution < -0.4 is 5.73 Å². The smallest absolute Gasteiger partial charge is 0.376 e. The lowest BCUT2D eigenvalue weighted by Gasteiger charge is -2.21. The summed E-state index contributed by atoms with van der Waals surface area (Å²) >= 11 is 0. The average molecular weight is 183 g/mol. The molecule has 0 radical (unpaired) electrons. The van der Waals surface area contributed by atoms with Gasteiger partial charge in [0, 0.05) is 21.3 Å². The van der Waals surface area contributed by atoms with Crippen LogP contribution >= 0.6 is 0 Å². The molecule has 0 atom stereocenters. The van der Waals surface area contributed by atoms with Crippen LogP contribution in [-0.2, 0) is 13.3 Å². The van der Waals surface area contributed by atoms with Gasteiger partial charge in [-0.2, -0.15) is 0 Å². The van der Waals surface area contributed by atoms with Gasteiger partial charge < -0.3 is 19.0 Å². The Hall–Kier alpha value is 0.0569. The van der Waals surface area contributed by atoms with Crippen LogP contribution in [0, 0.1) is 0 Å². The first-order valence-electron chi connectivity index (χ1n) is 2.60. The van der Waals surface area contributed by atoms with Crippen molar-refractivity contribution in [3.8, 4) is 0 Å². The molecule has 0 aliphatic carbocycles. The molecule has 0 bridgehead atoms. The zero-order valence-electron chi connectivity index (χ0n) is 6.01. The summed E-state index contributed by atoms with van der Waals surface area (Å²) in [5.41, 5.74) is 5.33. The molecule has 0 aromatic rings. The van der Waals surface area contributed by atoms with Crippen LogP contribution in [0.4, 0.5) is 0 Å². The number of hydrogen-bond donors (Lipinski definition) is 1. The van der Waals surface area contributed by atoms with E-state index in [0.29, 0.717) is 6.17 Å². The monoisotopic (exact) mass is 183 g/mol.